The van der Waals surface area contributed by atoms with Crippen molar-refractivity contribution in [3.63, 3.8) is 0 Å². The van der Waals surface area contributed by atoms with Crippen LogP contribution in [0.15, 0.2) is 17.5 Å². The van der Waals surface area contributed by atoms with Gasteiger partial charge in [-0.25, -0.2) is 0 Å². The van der Waals surface area contributed by atoms with E-state index in [0.29, 0.717) is 5.25 Å². The molecule has 0 aliphatic heterocycles. The highest BCUT2D eigenvalue weighted by atomic mass is 32.2. The summed E-state index contributed by atoms with van der Waals surface area (Å²) < 4.78 is 0. The van der Waals surface area contributed by atoms with E-state index in [1.165, 1.54) is 4.88 Å². The van der Waals surface area contributed by atoms with Gasteiger partial charge in [0.1, 0.15) is 0 Å². The summed E-state index contributed by atoms with van der Waals surface area (Å²) in [6, 6.07) is 4.19. The van der Waals surface area contributed by atoms with Gasteiger partial charge in [-0.3, -0.25) is 0 Å². The molecule has 0 saturated carbocycles. The molecule has 0 aliphatic rings. The number of rotatable bonds is 4. The van der Waals surface area contributed by atoms with Crippen LogP contribution in [0.4, 0.5) is 0 Å². The maximum atomic E-state index is 8.75. The van der Waals surface area contributed by atoms with E-state index in [4.69, 9.17) is 5.11 Å². The Hall–Kier alpha value is 0.01000. The minimum absolute atomic E-state index is 0.274. The van der Waals surface area contributed by atoms with Gasteiger partial charge in [0.2, 0.25) is 0 Å². The van der Waals surface area contributed by atoms with Crippen LogP contribution in [-0.4, -0.2) is 17.0 Å². The molecular formula is C8H12OS2. The Labute approximate surface area is 75.4 Å². The SMILES string of the molecule is CC(CO)SCc1cccs1. The fourth-order valence-corrected chi connectivity index (χ4v) is 2.29. The van der Waals surface area contributed by atoms with Crippen molar-refractivity contribution in [2.75, 3.05) is 6.61 Å². The van der Waals surface area contributed by atoms with E-state index >= 15 is 0 Å². The molecule has 0 radical (unpaired) electrons. The van der Waals surface area contributed by atoms with Crippen LogP contribution < -0.4 is 0 Å². The maximum Gasteiger partial charge on any atom is 0.0547 e. The van der Waals surface area contributed by atoms with Crippen molar-refractivity contribution in [1.29, 1.82) is 0 Å². The summed E-state index contributed by atoms with van der Waals surface area (Å²) in [4.78, 5) is 1.38. The quantitative estimate of drug-likeness (QED) is 0.782. The van der Waals surface area contributed by atoms with Gasteiger partial charge in [-0.05, 0) is 11.4 Å². The topological polar surface area (TPSA) is 20.2 Å². The van der Waals surface area contributed by atoms with Crippen LogP contribution in [0, 0.1) is 0 Å². The Morgan fingerprint density at radius 1 is 1.73 bits per heavy atom. The van der Waals surface area contributed by atoms with Gasteiger partial charge >= 0.3 is 0 Å². The van der Waals surface area contributed by atoms with Crippen LogP contribution in [0.3, 0.4) is 0 Å². The lowest BCUT2D eigenvalue weighted by Crippen LogP contribution is -2.01. The smallest absolute Gasteiger partial charge is 0.0547 e. The average Bonchev–Trinajstić information content (AvgIpc) is 2.52. The first kappa shape index (κ1) is 9.10. The summed E-state index contributed by atoms with van der Waals surface area (Å²) in [6.45, 7) is 2.31. The molecular weight excluding hydrogens is 176 g/mol. The molecule has 0 spiro atoms. The van der Waals surface area contributed by atoms with E-state index in [2.05, 4.69) is 17.5 Å². The predicted molar refractivity (Wildman–Crippen MR) is 52.2 cm³/mol. The fourth-order valence-electron chi connectivity index (χ4n) is 0.672. The molecule has 1 aromatic rings. The van der Waals surface area contributed by atoms with Gasteiger partial charge < -0.3 is 5.11 Å². The summed E-state index contributed by atoms with van der Waals surface area (Å²) in [5.74, 6) is 1.03. The van der Waals surface area contributed by atoms with E-state index in [0.717, 1.165) is 5.75 Å². The normalized spacial score (nSPS) is 13.3. The van der Waals surface area contributed by atoms with E-state index in [1.54, 1.807) is 23.1 Å². The van der Waals surface area contributed by atoms with Crippen molar-refractivity contribution < 1.29 is 5.11 Å². The molecule has 0 saturated heterocycles. The second-order valence-electron chi connectivity index (χ2n) is 2.38. The molecule has 3 heteroatoms. The van der Waals surface area contributed by atoms with Crippen LogP contribution in [0.25, 0.3) is 0 Å². The van der Waals surface area contributed by atoms with E-state index in [1.807, 2.05) is 6.92 Å². The van der Waals surface area contributed by atoms with Crippen molar-refractivity contribution in [2.45, 2.75) is 17.9 Å². The van der Waals surface area contributed by atoms with Gasteiger partial charge in [0.15, 0.2) is 0 Å². The standard InChI is InChI=1S/C8H12OS2/c1-7(5-9)11-6-8-3-2-4-10-8/h2-4,7,9H,5-6H2,1H3. The zero-order valence-corrected chi connectivity index (χ0v) is 8.12. The molecule has 1 aromatic heterocycles. The maximum absolute atomic E-state index is 8.75. The first-order valence-corrected chi connectivity index (χ1v) is 5.50. The van der Waals surface area contributed by atoms with Gasteiger partial charge in [0.05, 0.1) is 6.61 Å². The Kier molecular flexibility index (Phi) is 3.97. The number of thioether (sulfide) groups is 1. The molecule has 0 aliphatic carbocycles. The Morgan fingerprint density at radius 3 is 3.09 bits per heavy atom. The second kappa shape index (κ2) is 4.80. The van der Waals surface area contributed by atoms with Gasteiger partial charge in [0.25, 0.3) is 0 Å². The van der Waals surface area contributed by atoms with Crippen molar-refractivity contribution in [2.24, 2.45) is 0 Å². The van der Waals surface area contributed by atoms with Crippen LogP contribution in [0.5, 0.6) is 0 Å². The monoisotopic (exact) mass is 188 g/mol. The largest absolute Gasteiger partial charge is 0.395 e. The van der Waals surface area contributed by atoms with Gasteiger partial charge in [-0.2, -0.15) is 11.8 Å². The molecule has 0 bridgehead atoms. The summed E-state index contributed by atoms with van der Waals surface area (Å²) >= 11 is 3.57. The summed E-state index contributed by atoms with van der Waals surface area (Å²) in [7, 11) is 0. The third kappa shape index (κ3) is 3.27. The number of thiophene rings is 1. The Morgan fingerprint density at radius 2 is 2.55 bits per heavy atom. The van der Waals surface area contributed by atoms with Crippen LogP contribution in [0.2, 0.25) is 0 Å². The number of hydrogen-bond donors (Lipinski definition) is 1. The molecule has 11 heavy (non-hydrogen) atoms. The minimum atomic E-state index is 0.274. The molecule has 0 amide bonds. The van der Waals surface area contributed by atoms with Crippen molar-refractivity contribution in [3.8, 4) is 0 Å². The molecule has 1 nitrogen and oxygen atoms in total. The molecule has 1 rings (SSSR count). The molecule has 1 N–H and O–H groups in total. The first-order valence-electron chi connectivity index (χ1n) is 3.57. The lowest BCUT2D eigenvalue weighted by molar-refractivity contribution is 0.300. The molecule has 1 unspecified atom stereocenters. The highest BCUT2D eigenvalue weighted by Crippen LogP contribution is 2.20. The van der Waals surface area contributed by atoms with E-state index in [9.17, 15) is 0 Å². The summed E-state index contributed by atoms with van der Waals surface area (Å²) in [6.07, 6.45) is 0. The minimum Gasteiger partial charge on any atom is -0.395 e. The Bertz CT molecular complexity index is 184. The molecule has 1 heterocycles. The fraction of sp³-hybridized carbons (Fsp3) is 0.500. The summed E-state index contributed by atoms with van der Waals surface area (Å²) in [5.41, 5.74) is 0. The third-order valence-electron chi connectivity index (χ3n) is 1.35. The molecule has 1 atom stereocenters. The average molecular weight is 188 g/mol. The molecule has 0 fully saturated rings. The van der Waals surface area contributed by atoms with Gasteiger partial charge in [0, 0.05) is 15.9 Å². The molecule has 62 valence electrons. The van der Waals surface area contributed by atoms with E-state index in [-0.39, 0.29) is 6.61 Å². The highest BCUT2D eigenvalue weighted by Gasteiger charge is 2.00. The third-order valence-corrected chi connectivity index (χ3v) is 3.60. The lowest BCUT2D eigenvalue weighted by atomic mass is 10.5. The van der Waals surface area contributed by atoms with E-state index < -0.39 is 0 Å². The zero-order valence-electron chi connectivity index (χ0n) is 6.49. The zero-order chi connectivity index (χ0) is 8.10. The number of aliphatic hydroxyl groups excluding tert-OH is 1. The van der Waals surface area contributed by atoms with Crippen molar-refractivity contribution in [1.82, 2.24) is 0 Å². The van der Waals surface area contributed by atoms with Gasteiger partial charge in [-0.1, -0.05) is 13.0 Å². The van der Waals surface area contributed by atoms with Crippen molar-refractivity contribution >= 4 is 23.1 Å². The summed E-state index contributed by atoms with van der Waals surface area (Å²) in [5, 5.41) is 11.2. The lowest BCUT2D eigenvalue weighted by Gasteiger charge is -2.04. The molecule has 0 aromatic carbocycles. The number of aliphatic hydroxyl groups is 1. The highest BCUT2D eigenvalue weighted by molar-refractivity contribution is 7.99. The second-order valence-corrected chi connectivity index (χ2v) is 4.84. The Balaban J connectivity index is 2.23. The van der Waals surface area contributed by atoms with Gasteiger partial charge in [-0.15, -0.1) is 11.3 Å². The van der Waals surface area contributed by atoms with Crippen molar-refractivity contribution in [3.05, 3.63) is 22.4 Å². The van der Waals surface area contributed by atoms with Crippen LogP contribution in [0.1, 0.15) is 11.8 Å². The number of hydrogen-bond acceptors (Lipinski definition) is 3. The predicted octanol–water partition coefficient (Wildman–Crippen LogP) is 2.36. The van der Waals surface area contributed by atoms with Crippen LogP contribution in [-0.2, 0) is 5.75 Å². The first-order chi connectivity index (χ1) is 5.33. The van der Waals surface area contributed by atoms with Crippen LogP contribution >= 0.6 is 23.1 Å².